The summed E-state index contributed by atoms with van der Waals surface area (Å²) in [7, 11) is 0. The summed E-state index contributed by atoms with van der Waals surface area (Å²) in [6.45, 7) is 0. The summed E-state index contributed by atoms with van der Waals surface area (Å²) in [4.78, 5) is 0. The Labute approximate surface area is 29.2 Å². The van der Waals surface area contributed by atoms with Gasteiger partial charge in [-0.25, -0.2) is 10.5 Å². The highest BCUT2D eigenvalue weighted by molar-refractivity contribution is 2.38. The van der Waals surface area contributed by atoms with E-state index in [1.165, 1.54) is 0 Å². The van der Waals surface area contributed by atoms with E-state index in [0.29, 0.717) is 0 Å². The Kier molecular flexibility index (Phi) is 199. The van der Waals surface area contributed by atoms with Gasteiger partial charge in [0.2, 0.25) is 0 Å². The highest BCUT2D eigenvalue weighted by atomic mass is 17.4. The van der Waals surface area contributed by atoms with Gasteiger partial charge in [0.25, 0.3) is 0 Å². The molecule has 0 heterocycles. The smallest absolute Gasteiger partial charge is 0.0737 e. The lowest BCUT2D eigenvalue weighted by molar-refractivity contribution is -0.465. The minimum atomic E-state index is 0. The van der Waals surface area contributed by atoms with Crippen LogP contribution < -0.4 is 12.3 Å². The van der Waals surface area contributed by atoms with Crippen molar-refractivity contribution in [3.63, 3.8) is 0 Å². The fourth-order valence-electron chi connectivity index (χ4n) is 0. The predicted molar refractivity (Wildman–Crippen MR) is 16.4 cm³/mol. The van der Waals surface area contributed by atoms with Gasteiger partial charge in [-0.2, -0.15) is 0 Å². The molecule has 0 aliphatic heterocycles. The molecule has 0 fully saturated rings. The van der Waals surface area contributed by atoms with Crippen LogP contribution in [0.3, 0.4) is 0 Å². The van der Waals surface area contributed by atoms with Crippen LogP contribution in [0.1, 0.15) is 0 Å². The Morgan fingerprint density at radius 3 is 1.00 bits per heavy atom. The van der Waals surface area contributed by atoms with Crippen molar-refractivity contribution in [2.24, 2.45) is 0 Å². The molecule has 0 bridgehead atoms. The molecule has 0 aromatic heterocycles. The van der Waals surface area contributed by atoms with Crippen molar-refractivity contribution in [1.29, 1.82) is 0 Å². The Hall–Kier alpha value is -0.200. The molecule has 5 nitrogen and oxygen atoms in total. The molecule has 0 aromatic rings. The maximum atomic E-state index is 6.62. The maximum Gasteiger partial charge on any atom is -0.0737 e. The van der Waals surface area contributed by atoms with Gasteiger partial charge in [-0.1, -0.05) is 5.04 Å². The molecule has 0 unspecified atom stereocenters. The lowest BCUT2D eigenvalue weighted by Crippen LogP contribution is -1.60. The summed E-state index contributed by atoms with van der Waals surface area (Å²) in [6, 6.07) is 0. The third-order valence-corrected chi connectivity index (χ3v) is 0. The van der Waals surface area contributed by atoms with E-state index in [1.54, 1.807) is 0 Å². The Morgan fingerprint density at radius 1 is 1.00 bits per heavy atom. The van der Waals surface area contributed by atoms with E-state index in [2.05, 4.69) is 5.04 Å². The van der Waals surface area contributed by atoms with E-state index in [1.807, 2.05) is 0 Å². The van der Waals surface area contributed by atoms with E-state index in [9.17, 15) is 0 Å². The van der Waals surface area contributed by atoms with Crippen molar-refractivity contribution in [3.8, 4) is 0 Å². The third-order valence-electron chi connectivity index (χ3n) is 0. The molecule has 0 spiro atoms. The van der Waals surface area contributed by atoms with Crippen LogP contribution in [0.15, 0.2) is 0 Å². The van der Waals surface area contributed by atoms with E-state index in [-0.39, 0.29) is 12.3 Å². The number of rotatable bonds is 0. The van der Waals surface area contributed by atoms with Gasteiger partial charge in [-0.15, -0.1) is 0 Å². The van der Waals surface area contributed by atoms with Crippen molar-refractivity contribution in [2.45, 2.75) is 0 Å². The van der Waals surface area contributed by atoms with Crippen molar-refractivity contribution >= 4 is 0 Å². The van der Waals surface area contributed by atoms with Gasteiger partial charge in [0.15, 0.2) is 0 Å². The normalized spacial score (nSPS) is 3.60. The molecule has 0 saturated heterocycles. The van der Waals surface area contributed by atoms with Crippen LogP contribution in [0, 0.1) is 0 Å². The first-order chi connectivity index (χ1) is 1.41. The predicted octanol–water partition coefficient (Wildman–Crippen LogP) is 0.273. The standard InChI is InChI=1S/2H3N.H2O3/c;;1-3-2/h2*1H3;1-2H. The Morgan fingerprint density at radius 2 is 1.00 bits per heavy atom. The molecule has 0 saturated carbocycles. The first-order valence-corrected chi connectivity index (χ1v) is 0.365. The third kappa shape index (κ3) is 308. The van der Waals surface area contributed by atoms with Gasteiger partial charge in [0.05, 0.1) is 0 Å². The van der Waals surface area contributed by atoms with Crippen molar-refractivity contribution in [3.05, 3.63) is 0 Å². The molecule has 0 radical (unpaired) electrons. The highest BCUT2D eigenvalue weighted by Gasteiger charge is 1.27. The van der Waals surface area contributed by atoms with E-state index in [4.69, 9.17) is 10.5 Å². The second-order valence-electron chi connectivity index (χ2n) is 0.0816. The highest BCUT2D eigenvalue weighted by Crippen LogP contribution is 1.24. The van der Waals surface area contributed by atoms with Crippen LogP contribution in [0.4, 0.5) is 0 Å². The summed E-state index contributed by atoms with van der Waals surface area (Å²) < 4.78 is 0. The largest absolute Gasteiger partial charge is 0.344 e. The van der Waals surface area contributed by atoms with Crippen LogP contribution in [0.5, 0.6) is 0 Å². The monoisotopic (exact) mass is 84.1 g/mol. The summed E-state index contributed by atoms with van der Waals surface area (Å²) in [5, 5.41) is 15.5. The SMILES string of the molecule is N.N.OOO. The molecule has 0 aromatic carbocycles. The van der Waals surface area contributed by atoms with Crippen LogP contribution in [0.2, 0.25) is 0 Å². The second kappa shape index (κ2) is 46.5. The lowest BCUT2D eigenvalue weighted by atomic mass is 14.0. The van der Waals surface area contributed by atoms with Crippen LogP contribution >= 0.6 is 0 Å². The summed E-state index contributed by atoms with van der Waals surface area (Å²) in [5.41, 5.74) is 0. The number of hydrogen-bond donors (Lipinski definition) is 4. The molecule has 0 atom stereocenters. The van der Waals surface area contributed by atoms with Crippen LogP contribution in [0.25, 0.3) is 0 Å². The van der Waals surface area contributed by atoms with Gasteiger partial charge in [0, 0.05) is 0 Å². The van der Waals surface area contributed by atoms with Gasteiger partial charge in [0.1, 0.15) is 0 Å². The minimum Gasteiger partial charge on any atom is -0.344 e. The molecule has 0 aliphatic rings. The summed E-state index contributed by atoms with van der Waals surface area (Å²) in [6.07, 6.45) is 0. The quantitative estimate of drug-likeness (QED) is 0.248. The zero-order valence-electron chi connectivity index (χ0n) is 2.72. The van der Waals surface area contributed by atoms with E-state index in [0.717, 1.165) is 0 Å². The Balaban J connectivity index is -0.0000000200. The van der Waals surface area contributed by atoms with Crippen molar-refractivity contribution in [1.82, 2.24) is 12.3 Å². The average Bonchev–Trinajstić information content (AvgIpc) is 0.918. The molecule has 5 heteroatoms. The minimum absolute atomic E-state index is 0. The van der Waals surface area contributed by atoms with Crippen LogP contribution in [-0.2, 0) is 5.04 Å². The lowest BCUT2D eigenvalue weighted by Gasteiger charge is -1.56. The van der Waals surface area contributed by atoms with E-state index < -0.39 is 0 Å². The topological polar surface area (TPSA) is 120 Å². The fraction of sp³-hybridized carbons (Fsp3) is 0. The number of hydrogen-bond acceptors (Lipinski definition) is 5. The summed E-state index contributed by atoms with van der Waals surface area (Å²) in [5.74, 6) is 0. The molecule has 8 N–H and O–H groups in total. The maximum absolute atomic E-state index is 6.62. The zero-order chi connectivity index (χ0) is 2.71. The van der Waals surface area contributed by atoms with Crippen molar-refractivity contribution < 1.29 is 15.6 Å². The zero-order valence-corrected chi connectivity index (χ0v) is 2.72. The van der Waals surface area contributed by atoms with Crippen LogP contribution in [-0.4, -0.2) is 10.5 Å². The molecular weight excluding hydrogens is 76.0 g/mol. The molecule has 0 rings (SSSR count). The molecule has 0 aliphatic carbocycles. The summed E-state index contributed by atoms with van der Waals surface area (Å²) >= 11 is 0. The molecule has 36 valence electrons. The fourth-order valence-corrected chi connectivity index (χ4v) is 0. The van der Waals surface area contributed by atoms with E-state index >= 15 is 0 Å². The average molecular weight is 84.1 g/mol. The van der Waals surface area contributed by atoms with Gasteiger partial charge in [-0.05, 0) is 0 Å². The molecular formula is H8N2O3. The second-order valence-corrected chi connectivity index (χ2v) is 0.0816. The van der Waals surface area contributed by atoms with Gasteiger partial charge >= 0.3 is 0 Å². The first kappa shape index (κ1) is 21.4. The van der Waals surface area contributed by atoms with Gasteiger partial charge < -0.3 is 12.3 Å². The Bertz CT molecular complexity index is 4.85. The molecule has 5 heavy (non-hydrogen) atoms. The first-order valence-electron chi connectivity index (χ1n) is 0.365. The van der Waals surface area contributed by atoms with Crippen molar-refractivity contribution in [2.75, 3.05) is 0 Å². The van der Waals surface area contributed by atoms with Gasteiger partial charge in [-0.3, -0.25) is 0 Å². The molecule has 0 amide bonds.